The topological polar surface area (TPSA) is 42.0 Å². The molecule has 128 valence electrons. The van der Waals surface area contributed by atoms with Gasteiger partial charge in [-0.25, -0.2) is 4.98 Å². The van der Waals surface area contributed by atoms with Crippen LogP contribution in [0.15, 0.2) is 35.4 Å². The molecule has 0 fully saturated rings. The van der Waals surface area contributed by atoms with Gasteiger partial charge in [-0.05, 0) is 31.5 Å². The summed E-state index contributed by atoms with van der Waals surface area (Å²) in [5, 5.41) is 2.17. The molecular weight excluding hydrogens is 361 g/mol. The van der Waals surface area contributed by atoms with Crippen LogP contribution in [0, 0.1) is 13.8 Å². The maximum absolute atomic E-state index is 12.6. The maximum Gasteiger partial charge on any atom is 0.417 e. The molecule has 24 heavy (non-hydrogen) atoms. The first-order valence-corrected chi connectivity index (χ1v) is 8.26. The Balaban J connectivity index is 2.01. The number of carbonyl (C=O) groups is 1. The standard InChI is InChI=1S/C16H14ClF3N2OS/c1-9-3-4-10(2)13(5-9)24-8-14(23)22-15-12(17)6-11(7-21-15)16(18,19)20/h3-7H,8H2,1-2H3,(H,21,22,23). The van der Waals surface area contributed by atoms with E-state index >= 15 is 0 Å². The number of alkyl halides is 3. The third-order valence-electron chi connectivity index (χ3n) is 3.13. The lowest BCUT2D eigenvalue weighted by Crippen LogP contribution is -2.16. The predicted molar refractivity (Wildman–Crippen MR) is 89.5 cm³/mol. The van der Waals surface area contributed by atoms with Gasteiger partial charge in [-0.1, -0.05) is 29.3 Å². The highest BCUT2D eigenvalue weighted by atomic mass is 35.5. The number of thioether (sulfide) groups is 1. The van der Waals surface area contributed by atoms with E-state index in [1.807, 2.05) is 32.0 Å². The van der Waals surface area contributed by atoms with Crippen molar-refractivity contribution in [3.05, 3.63) is 52.2 Å². The summed E-state index contributed by atoms with van der Waals surface area (Å²) in [5.74, 6) is -0.380. The number of hydrogen-bond donors (Lipinski definition) is 1. The Morgan fingerprint density at radius 3 is 2.62 bits per heavy atom. The van der Waals surface area contributed by atoms with Gasteiger partial charge >= 0.3 is 6.18 Å². The van der Waals surface area contributed by atoms with Crippen LogP contribution >= 0.6 is 23.4 Å². The first kappa shape index (κ1) is 18.6. The quantitative estimate of drug-likeness (QED) is 0.757. The lowest BCUT2D eigenvalue weighted by atomic mass is 10.2. The zero-order valence-corrected chi connectivity index (χ0v) is 14.4. The summed E-state index contributed by atoms with van der Waals surface area (Å²) < 4.78 is 37.7. The summed E-state index contributed by atoms with van der Waals surface area (Å²) in [7, 11) is 0. The average molecular weight is 375 g/mol. The molecule has 0 aliphatic carbocycles. The fraction of sp³-hybridized carbons (Fsp3) is 0.250. The maximum atomic E-state index is 12.6. The van der Waals surface area contributed by atoms with Crippen molar-refractivity contribution in [1.82, 2.24) is 4.98 Å². The number of nitrogens with zero attached hydrogens (tertiary/aromatic N) is 1. The van der Waals surface area contributed by atoms with Gasteiger partial charge in [-0.2, -0.15) is 13.2 Å². The van der Waals surface area contributed by atoms with Gasteiger partial charge in [0.15, 0.2) is 5.82 Å². The van der Waals surface area contributed by atoms with Crippen molar-refractivity contribution in [2.24, 2.45) is 0 Å². The molecule has 0 bridgehead atoms. The number of hydrogen-bond acceptors (Lipinski definition) is 3. The largest absolute Gasteiger partial charge is 0.417 e. The van der Waals surface area contributed by atoms with Crippen LogP contribution in [0.4, 0.5) is 19.0 Å². The zero-order valence-electron chi connectivity index (χ0n) is 12.9. The minimum Gasteiger partial charge on any atom is -0.309 e. The molecule has 0 atom stereocenters. The van der Waals surface area contributed by atoms with Crippen molar-refractivity contribution in [1.29, 1.82) is 0 Å². The number of halogens is 4. The molecule has 0 aliphatic rings. The highest BCUT2D eigenvalue weighted by Gasteiger charge is 2.31. The van der Waals surface area contributed by atoms with E-state index in [-0.39, 0.29) is 16.6 Å². The third-order valence-corrected chi connectivity index (χ3v) is 4.57. The summed E-state index contributed by atoms with van der Waals surface area (Å²) in [5.41, 5.74) is 1.16. The number of aryl methyl sites for hydroxylation is 2. The first-order chi connectivity index (χ1) is 11.2. The van der Waals surface area contributed by atoms with E-state index in [1.54, 1.807) is 0 Å². The molecule has 0 unspecified atom stereocenters. The molecule has 2 aromatic rings. The molecular formula is C16H14ClF3N2OS. The summed E-state index contributed by atoms with van der Waals surface area (Å²) in [4.78, 5) is 16.5. The Morgan fingerprint density at radius 2 is 2.00 bits per heavy atom. The van der Waals surface area contributed by atoms with Crippen LogP contribution in [0.1, 0.15) is 16.7 Å². The van der Waals surface area contributed by atoms with Crippen molar-refractivity contribution in [2.75, 3.05) is 11.1 Å². The molecule has 3 nitrogen and oxygen atoms in total. The Hall–Kier alpha value is -1.73. The van der Waals surface area contributed by atoms with E-state index < -0.39 is 17.6 Å². The van der Waals surface area contributed by atoms with Crippen LogP contribution in [0.2, 0.25) is 5.02 Å². The van der Waals surface area contributed by atoms with Crippen molar-refractivity contribution in [3.8, 4) is 0 Å². The van der Waals surface area contributed by atoms with Crippen molar-refractivity contribution in [3.63, 3.8) is 0 Å². The normalized spacial score (nSPS) is 11.4. The molecule has 1 heterocycles. The number of aromatic nitrogens is 1. The molecule has 1 N–H and O–H groups in total. The summed E-state index contributed by atoms with van der Waals surface area (Å²) >= 11 is 7.10. The van der Waals surface area contributed by atoms with Crippen molar-refractivity contribution < 1.29 is 18.0 Å². The smallest absolute Gasteiger partial charge is 0.309 e. The molecule has 8 heteroatoms. The van der Waals surface area contributed by atoms with Gasteiger partial charge in [0.25, 0.3) is 0 Å². The highest BCUT2D eigenvalue weighted by Crippen LogP contribution is 2.32. The molecule has 2 rings (SSSR count). The van der Waals surface area contributed by atoms with Gasteiger partial charge < -0.3 is 5.32 Å². The van der Waals surface area contributed by atoms with E-state index in [2.05, 4.69) is 10.3 Å². The fourth-order valence-corrected chi connectivity index (χ4v) is 3.00. The predicted octanol–water partition coefficient (Wildman–Crippen LogP) is 5.10. The number of anilines is 1. The minimum atomic E-state index is -4.53. The van der Waals surface area contributed by atoms with Crippen LogP contribution in [0.3, 0.4) is 0 Å². The summed E-state index contributed by atoms with van der Waals surface area (Å²) in [6, 6.07) is 6.65. The number of rotatable bonds is 4. The second-order valence-electron chi connectivity index (χ2n) is 5.16. The van der Waals surface area contributed by atoms with E-state index in [1.165, 1.54) is 11.8 Å². The van der Waals surface area contributed by atoms with E-state index in [0.29, 0.717) is 6.20 Å². The second kappa shape index (κ2) is 7.44. The molecule has 0 aliphatic heterocycles. The van der Waals surface area contributed by atoms with Crippen molar-refractivity contribution >= 4 is 35.1 Å². The Labute approximate surface area is 146 Å². The number of pyridine rings is 1. The SMILES string of the molecule is Cc1ccc(C)c(SCC(=O)Nc2ncc(C(F)(F)F)cc2Cl)c1. The number of amides is 1. The first-order valence-electron chi connectivity index (χ1n) is 6.89. The zero-order chi connectivity index (χ0) is 17.9. The van der Waals surface area contributed by atoms with E-state index in [0.717, 1.165) is 22.1 Å². The van der Waals surface area contributed by atoms with Crippen LogP contribution in [0.5, 0.6) is 0 Å². The number of nitrogens with one attached hydrogen (secondary N) is 1. The Morgan fingerprint density at radius 1 is 1.29 bits per heavy atom. The Kier molecular flexibility index (Phi) is 5.77. The third kappa shape index (κ3) is 4.88. The second-order valence-corrected chi connectivity index (χ2v) is 6.58. The molecule has 0 saturated carbocycles. The van der Waals surface area contributed by atoms with E-state index in [9.17, 15) is 18.0 Å². The van der Waals surface area contributed by atoms with Crippen LogP contribution in [0.25, 0.3) is 0 Å². The van der Waals surface area contributed by atoms with E-state index in [4.69, 9.17) is 11.6 Å². The van der Waals surface area contributed by atoms with Crippen LogP contribution < -0.4 is 5.32 Å². The van der Waals surface area contributed by atoms with Crippen LogP contribution in [-0.2, 0) is 11.0 Å². The Bertz CT molecular complexity index is 765. The van der Waals surface area contributed by atoms with Crippen molar-refractivity contribution in [2.45, 2.75) is 24.9 Å². The lowest BCUT2D eigenvalue weighted by Gasteiger charge is -2.10. The number of carbonyl (C=O) groups excluding carboxylic acids is 1. The molecule has 0 saturated heterocycles. The molecule has 1 aromatic carbocycles. The van der Waals surface area contributed by atoms with Gasteiger partial charge in [0, 0.05) is 11.1 Å². The minimum absolute atomic E-state index is 0.0868. The van der Waals surface area contributed by atoms with Gasteiger partial charge in [0.2, 0.25) is 5.91 Å². The fourth-order valence-electron chi connectivity index (χ4n) is 1.86. The van der Waals surface area contributed by atoms with Gasteiger partial charge in [0.1, 0.15) is 0 Å². The lowest BCUT2D eigenvalue weighted by molar-refractivity contribution is -0.137. The molecule has 0 radical (unpaired) electrons. The van der Waals surface area contributed by atoms with Crippen LogP contribution in [-0.4, -0.2) is 16.6 Å². The molecule has 1 aromatic heterocycles. The molecule has 1 amide bonds. The van der Waals surface area contributed by atoms with Gasteiger partial charge in [-0.15, -0.1) is 11.8 Å². The highest BCUT2D eigenvalue weighted by molar-refractivity contribution is 8.00. The summed E-state index contributed by atoms with van der Waals surface area (Å²) in [6.07, 6.45) is -3.89. The molecule has 0 spiro atoms. The average Bonchev–Trinajstić information content (AvgIpc) is 2.49. The monoisotopic (exact) mass is 374 g/mol. The van der Waals surface area contributed by atoms with Gasteiger partial charge in [-0.3, -0.25) is 4.79 Å². The number of benzene rings is 1. The summed E-state index contributed by atoms with van der Waals surface area (Å²) in [6.45, 7) is 3.89. The van der Waals surface area contributed by atoms with Gasteiger partial charge in [0.05, 0.1) is 16.3 Å².